The van der Waals surface area contributed by atoms with Crippen molar-refractivity contribution in [2.45, 2.75) is 31.2 Å². The molecule has 0 fully saturated rings. The number of nitrogens with zero attached hydrogens (tertiary/aromatic N) is 2. The van der Waals surface area contributed by atoms with Gasteiger partial charge in [0.1, 0.15) is 16.7 Å². The normalized spacial score (nSPS) is 13.9. The molecule has 2 N–H and O–H groups in total. The van der Waals surface area contributed by atoms with Gasteiger partial charge in [0.15, 0.2) is 0 Å². The van der Waals surface area contributed by atoms with E-state index in [2.05, 4.69) is 5.10 Å². The van der Waals surface area contributed by atoms with Crippen LogP contribution in [0, 0.1) is 0 Å². The number of halogens is 8. The van der Waals surface area contributed by atoms with E-state index < -0.39 is 64.8 Å². The first-order valence-electron chi connectivity index (χ1n) is 8.04. The first-order valence-corrected chi connectivity index (χ1v) is 8.04. The molecular formula is C16H10F8N4O2. The molecular weight excluding hydrogens is 432 g/mol. The summed E-state index contributed by atoms with van der Waals surface area (Å²) in [6.45, 7) is 0. The molecule has 0 bridgehead atoms. The van der Waals surface area contributed by atoms with Gasteiger partial charge in [-0.25, -0.2) is 18.3 Å². The Balaban J connectivity index is 2.26. The molecule has 6 nitrogen and oxygen atoms in total. The Bertz CT molecular complexity index is 1170. The number of fused-ring (bicyclic) bond motifs is 1. The molecule has 30 heavy (non-hydrogen) atoms. The number of alkyl halides is 8. The molecule has 0 saturated carbocycles. The number of aromatic nitrogens is 4. The molecule has 0 unspecified atom stereocenters. The van der Waals surface area contributed by atoms with Gasteiger partial charge in [-0.3, -0.25) is 14.8 Å². The third-order valence-corrected chi connectivity index (χ3v) is 4.17. The van der Waals surface area contributed by atoms with Gasteiger partial charge in [-0.2, -0.15) is 31.4 Å². The first kappa shape index (κ1) is 21.5. The van der Waals surface area contributed by atoms with Gasteiger partial charge < -0.3 is 0 Å². The second kappa shape index (κ2) is 7.25. The van der Waals surface area contributed by atoms with Crippen LogP contribution in [0.2, 0.25) is 0 Å². The van der Waals surface area contributed by atoms with Gasteiger partial charge in [-0.15, -0.1) is 0 Å². The van der Waals surface area contributed by atoms with Gasteiger partial charge >= 0.3 is 18.0 Å². The summed E-state index contributed by atoms with van der Waals surface area (Å²) < 4.78 is 105. The highest BCUT2D eigenvalue weighted by Gasteiger charge is 2.37. The molecule has 1 aromatic carbocycles. The van der Waals surface area contributed by atoms with Gasteiger partial charge in [0.05, 0.1) is 18.0 Å². The highest BCUT2D eigenvalue weighted by atomic mass is 19.4. The van der Waals surface area contributed by atoms with Gasteiger partial charge in [0, 0.05) is 0 Å². The van der Waals surface area contributed by atoms with Crippen molar-refractivity contribution >= 4 is 11.0 Å². The number of hydrogen-bond donors (Lipinski definition) is 2. The van der Waals surface area contributed by atoms with Crippen molar-refractivity contribution < 1.29 is 35.1 Å². The molecule has 2 heterocycles. The average molecular weight is 442 g/mol. The Hall–Kier alpha value is -3.19. The monoisotopic (exact) mass is 442 g/mol. The smallest absolute Gasteiger partial charge is 0.291 e. The minimum Gasteiger partial charge on any atom is -0.291 e. The number of aromatic amines is 2. The molecule has 0 aliphatic heterocycles. The van der Waals surface area contributed by atoms with Crippen molar-refractivity contribution in [3.63, 3.8) is 0 Å². The van der Waals surface area contributed by atoms with Crippen LogP contribution in [-0.2, 0) is 6.18 Å². The molecule has 3 rings (SSSR count). The van der Waals surface area contributed by atoms with Crippen molar-refractivity contribution in [1.29, 1.82) is 0 Å². The van der Waals surface area contributed by atoms with E-state index in [9.17, 15) is 44.7 Å². The Kier molecular flexibility index (Phi) is 5.20. The standard InChI is InChI=1S/C16H10F8N4O2/c17-11(18)10-9-12(25-14(30)26-13(9)29)28(27-10)8(5-15(19,20)21)6-1-3-7(4-2-6)16(22,23)24/h1-4,8,11H,5H2,(H2,25,26,29,30)/t8-/m1/s1. The van der Waals surface area contributed by atoms with Crippen molar-refractivity contribution in [2.24, 2.45) is 0 Å². The van der Waals surface area contributed by atoms with Crippen molar-refractivity contribution in [3.8, 4) is 0 Å². The second-order valence-electron chi connectivity index (χ2n) is 6.22. The highest BCUT2D eigenvalue weighted by molar-refractivity contribution is 5.77. The fourth-order valence-electron chi connectivity index (χ4n) is 2.94. The molecule has 2 aromatic heterocycles. The predicted molar refractivity (Wildman–Crippen MR) is 86.2 cm³/mol. The summed E-state index contributed by atoms with van der Waals surface area (Å²) >= 11 is 0. The summed E-state index contributed by atoms with van der Waals surface area (Å²) in [5.74, 6) is 0. The molecule has 0 aliphatic rings. The molecule has 3 aromatic rings. The van der Waals surface area contributed by atoms with E-state index in [1.54, 1.807) is 4.98 Å². The van der Waals surface area contributed by atoms with Crippen LogP contribution in [0.1, 0.15) is 35.7 Å². The third kappa shape index (κ3) is 4.21. The van der Waals surface area contributed by atoms with Crippen molar-refractivity contribution in [3.05, 3.63) is 61.9 Å². The lowest BCUT2D eigenvalue weighted by Crippen LogP contribution is -2.25. The maximum Gasteiger partial charge on any atom is 0.416 e. The van der Waals surface area contributed by atoms with Crippen LogP contribution < -0.4 is 11.2 Å². The zero-order valence-electron chi connectivity index (χ0n) is 14.4. The van der Waals surface area contributed by atoms with Crippen molar-refractivity contribution in [2.75, 3.05) is 0 Å². The summed E-state index contributed by atoms with van der Waals surface area (Å²) in [5.41, 5.74) is -5.87. The molecule has 1 atom stereocenters. The van der Waals surface area contributed by atoms with E-state index in [0.717, 1.165) is 12.1 Å². The van der Waals surface area contributed by atoms with Gasteiger partial charge in [-0.1, -0.05) is 12.1 Å². The van der Waals surface area contributed by atoms with E-state index >= 15 is 0 Å². The molecule has 0 aliphatic carbocycles. The minimum atomic E-state index is -4.89. The maximum absolute atomic E-state index is 13.3. The Labute approximate surface area is 160 Å². The lowest BCUT2D eigenvalue weighted by atomic mass is 10.0. The average Bonchev–Trinajstić information content (AvgIpc) is 2.98. The number of rotatable bonds is 4. The molecule has 14 heteroatoms. The lowest BCUT2D eigenvalue weighted by Gasteiger charge is -2.21. The van der Waals surface area contributed by atoms with E-state index in [0.29, 0.717) is 16.8 Å². The van der Waals surface area contributed by atoms with E-state index in [-0.39, 0.29) is 5.56 Å². The van der Waals surface area contributed by atoms with Crippen LogP contribution in [0.5, 0.6) is 0 Å². The van der Waals surface area contributed by atoms with E-state index in [1.165, 1.54) is 0 Å². The number of nitrogens with one attached hydrogen (secondary N) is 2. The highest BCUT2D eigenvalue weighted by Crippen LogP contribution is 2.36. The van der Waals surface area contributed by atoms with Crippen molar-refractivity contribution in [1.82, 2.24) is 19.7 Å². The summed E-state index contributed by atoms with van der Waals surface area (Å²) in [6.07, 6.45) is -14.7. The maximum atomic E-state index is 13.3. The molecule has 162 valence electrons. The van der Waals surface area contributed by atoms with E-state index in [4.69, 9.17) is 0 Å². The molecule has 0 radical (unpaired) electrons. The van der Waals surface area contributed by atoms with Gasteiger partial charge in [0.25, 0.3) is 12.0 Å². The number of hydrogen-bond acceptors (Lipinski definition) is 3. The van der Waals surface area contributed by atoms with Crippen LogP contribution >= 0.6 is 0 Å². The molecule has 0 saturated heterocycles. The number of benzene rings is 1. The Morgan fingerprint density at radius 2 is 1.57 bits per heavy atom. The lowest BCUT2D eigenvalue weighted by molar-refractivity contribution is -0.141. The van der Waals surface area contributed by atoms with Gasteiger partial charge in [-0.05, 0) is 17.7 Å². The zero-order valence-corrected chi connectivity index (χ0v) is 14.4. The SMILES string of the molecule is O=c1[nH]c(=O)c2c(C(F)F)nn([C@H](CC(F)(F)F)c3ccc(C(F)(F)F)cc3)c2[nH]1. The van der Waals surface area contributed by atoms with Crippen LogP contribution in [0.3, 0.4) is 0 Å². The van der Waals surface area contributed by atoms with Crippen LogP contribution in [0.4, 0.5) is 35.1 Å². The predicted octanol–water partition coefficient (Wildman–Crippen LogP) is 3.91. The Morgan fingerprint density at radius 1 is 0.967 bits per heavy atom. The van der Waals surface area contributed by atoms with Gasteiger partial charge in [0.2, 0.25) is 0 Å². The largest absolute Gasteiger partial charge is 0.416 e. The fraction of sp³-hybridized carbons (Fsp3) is 0.312. The van der Waals surface area contributed by atoms with Crippen LogP contribution in [0.25, 0.3) is 11.0 Å². The number of H-pyrrole nitrogens is 2. The quantitative estimate of drug-likeness (QED) is 0.601. The molecule has 0 spiro atoms. The van der Waals surface area contributed by atoms with Crippen LogP contribution in [-0.4, -0.2) is 25.9 Å². The summed E-state index contributed by atoms with van der Waals surface area (Å²) in [7, 11) is 0. The summed E-state index contributed by atoms with van der Waals surface area (Å²) in [6, 6.07) is 0.585. The Morgan fingerprint density at radius 3 is 2.07 bits per heavy atom. The first-order chi connectivity index (χ1) is 13.8. The second-order valence-corrected chi connectivity index (χ2v) is 6.22. The molecule has 0 amide bonds. The topological polar surface area (TPSA) is 83.5 Å². The fourth-order valence-corrected chi connectivity index (χ4v) is 2.94. The summed E-state index contributed by atoms with van der Waals surface area (Å²) in [4.78, 5) is 27.1. The third-order valence-electron chi connectivity index (χ3n) is 4.17. The minimum absolute atomic E-state index is 0.355. The van der Waals surface area contributed by atoms with E-state index in [1.807, 2.05) is 4.98 Å². The summed E-state index contributed by atoms with van der Waals surface area (Å²) in [5, 5.41) is 2.55. The zero-order chi connectivity index (χ0) is 22.4. The van der Waals surface area contributed by atoms with Crippen LogP contribution in [0.15, 0.2) is 33.9 Å².